The first-order valence-corrected chi connectivity index (χ1v) is 7.55. The van der Waals surface area contributed by atoms with Crippen molar-refractivity contribution in [1.82, 2.24) is 0 Å². The molecular formula is C18H20O6. The summed E-state index contributed by atoms with van der Waals surface area (Å²) in [5, 5.41) is 19.8. The van der Waals surface area contributed by atoms with E-state index in [1.165, 1.54) is 13.2 Å². The number of hydrogen-bond donors (Lipinski definition) is 2. The van der Waals surface area contributed by atoms with Crippen molar-refractivity contribution in [2.24, 2.45) is 0 Å². The van der Waals surface area contributed by atoms with Gasteiger partial charge < -0.3 is 29.2 Å². The normalized spacial score (nSPS) is 16.0. The molecule has 1 unspecified atom stereocenters. The number of aromatic hydroxyl groups is 2. The number of rotatable bonds is 4. The van der Waals surface area contributed by atoms with Gasteiger partial charge in [0.2, 0.25) is 5.75 Å². The van der Waals surface area contributed by atoms with Gasteiger partial charge in [-0.05, 0) is 12.5 Å². The summed E-state index contributed by atoms with van der Waals surface area (Å²) in [7, 11) is 4.73. The van der Waals surface area contributed by atoms with E-state index in [2.05, 4.69) is 0 Å². The standard InChI is InChI=1S/C18H20O6/c1-21-11-4-5-12(15(7-11)22-2)10-6-13-16(23-3)8-14(19)17(20)18(13)24-9-10/h4-5,7-8,10,19-20H,6,9H2,1-3H3. The van der Waals surface area contributed by atoms with Gasteiger partial charge in [0.1, 0.15) is 17.2 Å². The van der Waals surface area contributed by atoms with Gasteiger partial charge in [0.15, 0.2) is 11.5 Å². The second-order valence-corrected chi connectivity index (χ2v) is 5.57. The van der Waals surface area contributed by atoms with E-state index in [-0.39, 0.29) is 23.2 Å². The molecule has 2 N–H and O–H groups in total. The van der Waals surface area contributed by atoms with Crippen LogP contribution in [0.2, 0.25) is 0 Å². The van der Waals surface area contributed by atoms with Crippen molar-refractivity contribution < 1.29 is 29.2 Å². The first-order chi connectivity index (χ1) is 11.6. The molecule has 0 bridgehead atoms. The highest BCUT2D eigenvalue weighted by molar-refractivity contribution is 5.62. The fourth-order valence-electron chi connectivity index (χ4n) is 3.03. The molecule has 1 aliphatic rings. The molecule has 6 nitrogen and oxygen atoms in total. The molecule has 0 saturated carbocycles. The molecule has 2 aromatic carbocycles. The summed E-state index contributed by atoms with van der Waals surface area (Å²) in [6.45, 7) is 0.357. The van der Waals surface area contributed by atoms with Crippen molar-refractivity contribution in [2.45, 2.75) is 12.3 Å². The van der Waals surface area contributed by atoms with Gasteiger partial charge in [0.25, 0.3) is 0 Å². The SMILES string of the molecule is COc1ccc(C2COc3c(O)c(O)cc(OC)c3C2)c(OC)c1. The molecule has 24 heavy (non-hydrogen) atoms. The predicted molar refractivity (Wildman–Crippen MR) is 87.8 cm³/mol. The minimum absolute atomic E-state index is 0.0243. The Balaban J connectivity index is 2.00. The summed E-state index contributed by atoms with van der Waals surface area (Å²) in [6, 6.07) is 7.05. The van der Waals surface area contributed by atoms with Crippen molar-refractivity contribution in [3.05, 3.63) is 35.4 Å². The molecule has 0 aromatic heterocycles. The van der Waals surface area contributed by atoms with E-state index in [0.29, 0.717) is 30.3 Å². The summed E-state index contributed by atoms with van der Waals surface area (Å²) in [6.07, 6.45) is 0.592. The van der Waals surface area contributed by atoms with Crippen LogP contribution in [0.25, 0.3) is 0 Å². The molecule has 6 heteroatoms. The molecule has 1 aliphatic heterocycles. The highest BCUT2D eigenvalue weighted by Crippen LogP contribution is 2.49. The highest BCUT2D eigenvalue weighted by Gasteiger charge is 2.30. The molecular weight excluding hydrogens is 312 g/mol. The average molecular weight is 332 g/mol. The van der Waals surface area contributed by atoms with E-state index in [1.807, 2.05) is 18.2 Å². The lowest BCUT2D eigenvalue weighted by Gasteiger charge is -2.28. The fourth-order valence-corrected chi connectivity index (χ4v) is 3.03. The zero-order valence-corrected chi connectivity index (χ0v) is 13.8. The number of benzene rings is 2. The van der Waals surface area contributed by atoms with Gasteiger partial charge in [-0.25, -0.2) is 0 Å². The lowest BCUT2D eigenvalue weighted by molar-refractivity contribution is 0.238. The summed E-state index contributed by atoms with van der Waals surface area (Å²) < 4.78 is 21.7. The fraction of sp³-hybridized carbons (Fsp3) is 0.333. The Morgan fingerprint density at radius 3 is 2.42 bits per heavy atom. The summed E-state index contributed by atoms with van der Waals surface area (Å²) in [4.78, 5) is 0. The number of ether oxygens (including phenoxy) is 4. The van der Waals surface area contributed by atoms with Crippen molar-refractivity contribution >= 4 is 0 Å². The highest BCUT2D eigenvalue weighted by atomic mass is 16.5. The number of hydrogen-bond acceptors (Lipinski definition) is 6. The van der Waals surface area contributed by atoms with E-state index in [4.69, 9.17) is 18.9 Å². The van der Waals surface area contributed by atoms with Crippen molar-refractivity contribution in [3.63, 3.8) is 0 Å². The van der Waals surface area contributed by atoms with Gasteiger partial charge >= 0.3 is 0 Å². The molecule has 1 atom stereocenters. The maximum Gasteiger partial charge on any atom is 0.201 e. The topological polar surface area (TPSA) is 77.4 Å². The van der Waals surface area contributed by atoms with Gasteiger partial charge in [0.05, 0.1) is 27.9 Å². The van der Waals surface area contributed by atoms with E-state index < -0.39 is 0 Å². The first-order valence-electron chi connectivity index (χ1n) is 7.55. The van der Waals surface area contributed by atoms with Crippen LogP contribution < -0.4 is 18.9 Å². The Hall–Kier alpha value is -2.76. The van der Waals surface area contributed by atoms with Crippen LogP contribution in [-0.2, 0) is 6.42 Å². The van der Waals surface area contributed by atoms with Crippen molar-refractivity contribution in [3.8, 4) is 34.5 Å². The Kier molecular flexibility index (Phi) is 4.29. The Labute approximate surface area is 140 Å². The minimum atomic E-state index is -0.258. The largest absolute Gasteiger partial charge is 0.504 e. The zero-order valence-electron chi connectivity index (χ0n) is 13.8. The summed E-state index contributed by atoms with van der Waals surface area (Å²) >= 11 is 0. The Bertz CT molecular complexity index is 756. The average Bonchev–Trinajstić information content (AvgIpc) is 2.63. The Morgan fingerprint density at radius 2 is 1.75 bits per heavy atom. The molecule has 3 rings (SSSR count). The van der Waals surface area contributed by atoms with Crippen LogP contribution in [0.1, 0.15) is 17.0 Å². The number of fused-ring (bicyclic) bond motifs is 1. The summed E-state index contributed by atoms with van der Waals surface area (Å²) in [5.41, 5.74) is 1.71. The second kappa shape index (κ2) is 6.39. The van der Waals surface area contributed by atoms with E-state index in [1.54, 1.807) is 14.2 Å². The smallest absolute Gasteiger partial charge is 0.201 e. The molecule has 128 valence electrons. The zero-order chi connectivity index (χ0) is 17.3. The van der Waals surface area contributed by atoms with Gasteiger partial charge in [-0.2, -0.15) is 0 Å². The van der Waals surface area contributed by atoms with E-state index in [9.17, 15) is 10.2 Å². The minimum Gasteiger partial charge on any atom is -0.504 e. The predicted octanol–water partition coefficient (Wildman–Crippen LogP) is 2.84. The monoisotopic (exact) mass is 332 g/mol. The van der Waals surface area contributed by atoms with Crippen molar-refractivity contribution in [1.29, 1.82) is 0 Å². The van der Waals surface area contributed by atoms with Crippen molar-refractivity contribution in [2.75, 3.05) is 27.9 Å². The molecule has 0 saturated heterocycles. The van der Waals surface area contributed by atoms with Gasteiger partial charge in [-0.1, -0.05) is 6.07 Å². The van der Waals surface area contributed by atoms with Crippen LogP contribution in [0.3, 0.4) is 0 Å². The molecule has 2 aromatic rings. The van der Waals surface area contributed by atoms with Crippen LogP contribution in [0, 0.1) is 0 Å². The van der Waals surface area contributed by atoms with Crippen LogP contribution in [0.15, 0.2) is 24.3 Å². The third kappa shape index (κ3) is 2.64. The number of phenols is 2. The van der Waals surface area contributed by atoms with Gasteiger partial charge in [-0.15, -0.1) is 0 Å². The number of methoxy groups -OCH3 is 3. The molecule has 0 radical (unpaired) electrons. The summed E-state index contributed by atoms with van der Waals surface area (Å²) in [5.74, 6) is 1.70. The maximum atomic E-state index is 10.0. The first kappa shape index (κ1) is 16.1. The lowest BCUT2D eigenvalue weighted by atomic mass is 9.89. The quantitative estimate of drug-likeness (QED) is 0.839. The van der Waals surface area contributed by atoms with Crippen LogP contribution in [0.5, 0.6) is 34.5 Å². The third-order valence-corrected chi connectivity index (χ3v) is 4.28. The van der Waals surface area contributed by atoms with Crippen LogP contribution >= 0.6 is 0 Å². The second-order valence-electron chi connectivity index (χ2n) is 5.57. The van der Waals surface area contributed by atoms with E-state index in [0.717, 1.165) is 11.1 Å². The molecule has 1 heterocycles. The third-order valence-electron chi connectivity index (χ3n) is 4.28. The van der Waals surface area contributed by atoms with Gasteiger partial charge in [0, 0.05) is 29.2 Å². The lowest BCUT2D eigenvalue weighted by Crippen LogP contribution is -2.20. The molecule has 0 amide bonds. The maximum absolute atomic E-state index is 10.0. The van der Waals surface area contributed by atoms with Crippen LogP contribution in [0.4, 0.5) is 0 Å². The Morgan fingerprint density at radius 1 is 1.00 bits per heavy atom. The van der Waals surface area contributed by atoms with E-state index >= 15 is 0 Å². The number of phenolic OH excluding ortho intramolecular Hbond substituents is 2. The van der Waals surface area contributed by atoms with Crippen LogP contribution in [-0.4, -0.2) is 38.1 Å². The molecule has 0 spiro atoms. The molecule has 0 fully saturated rings. The van der Waals surface area contributed by atoms with Gasteiger partial charge in [-0.3, -0.25) is 0 Å². The molecule has 0 aliphatic carbocycles.